The quantitative estimate of drug-likeness (QED) is 0.119. The van der Waals surface area contributed by atoms with Crippen LogP contribution in [-0.2, 0) is 9.53 Å². The number of hydrogen-bond donors (Lipinski definition) is 0. The van der Waals surface area contributed by atoms with Crippen molar-refractivity contribution < 1.29 is 9.53 Å². The summed E-state index contributed by atoms with van der Waals surface area (Å²) in [6.07, 6.45) is 29.3. The van der Waals surface area contributed by atoms with Crippen molar-refractivity contribution in [2.75, 3.05) is 6.61 Å². The summed E-state index contributed by atoms with van der Waals surface area (Å²) in [7, 11) is 0. The number of unbranched alkanes of at least 4 members (excludes halogenated alkanes) is 8. The first-order valence-electron chi connectivity index (χ1n) is 12.3. The SMILES string of the molecule is CCCCC/C=C\C/C=C\CCCCCCCC(=O)OC/C=C(\C)CCC=C(C)C. The van der Waals surface area contributed by atoms with Gasteiger partial charge < -0.3 is 4.74 Å². The second-order valence-electron chi connectivity index (χ2n) is 8.53. The van der Waals surface area contributed by atoms with Crippen molar-refractivity contribution in [3.8, 4) is 0 Å². The zero-order valence-corrected chi connectivity index (χ0v) is 20.4. The normalized spacial score (nSPS) is 12.1. The zero-order valence-electron chi connectivity index (χ0n) is 20.4. The molecule has 0 aliphatic carbocycles. The van der Waals surface area contributed by atoms with Crippen LogP contribution >= 0.6 is 0 Å². The van der Waals surface area contributed by atoms with Crippen molar-refractivity contribution >= 4 is 5.97 Å². The fourth-order valence-electron chi connectivity index (χ4n) is 3.12. The number of allylic oxidation sites excluding steroid dienone is 7. The molecule has 2 heteroatoms. The van der Waals surface area contributed by atoms with Crippen LogP contribution in [0.15, 0.2) is 47.6 Å². The average molecular weight is 417 g/mol. The number of ether oxygens (including phenoxy) is 1. The highest BCUT2D eigenvalue weighted by molar-refractivity contribution is 5.69. The van der Waals surface area contributed by atoms with Crippen LogP contribution in [0, 0.1) is 0 Å². The van der Waals surface area contributed by atoms with Gasteiger partial charge in [-0.05, 0) is 78.2 Å². The van der Waals surface area contributed by atoms with Crippen LogP contribution in [0.1, 0.15) is 118 Å². The van der Waals surface area contributed by atoms with Gasteiger partial charge in [0.25, 0.3) is 0 Å². The molecule has 0 bridgehead atoms. The molecule has 0 aromatic rings. The first kappa shape index (κ1) is 28.4. The van der Waals surface area contributed by atoms with Gasteiger partial charge in [0.1, 0.15) is 6.61 Å². The van der Waals surface area contributed by atoms with E-state index in [4.69, 9.17) is 4.74 Å². The van der Waals surface area contributed by atoms with Crippen LogP contribution in [-0.4, -0.2) is 12.6 Å². The van der Waals surface area contributed by atoms with Gasteiger partial charge in [0.2, 0.25) is 0 Å². The van der Waals surface area contributed by atoms with E-state index in [-0.39, 0.29) is 5.97 Å². The van der Waals surface area contributed by atoms with Gasteiger partial charge in [-0.2, -0.15) is 0 Å². The molecule has 0 unspecified atom stereocenters. The van der Waals surface area contributed by atoms with Gasteiger partial charge in [-0.25, -0.2) is 0 Å². The number of carbonyl (C=O) groups excluding carboxylic acids is 1. The lowest BCUT2D eigenvalue weighted by molar-refractivity contribution is -0.142. The molecule has 0 spiro atoms. The minimum Gasteiger partial charge on any atom is -0.461 e. The molecule has 0 aromatic heterocycles. The lowest BCUT2D eigenvalue weighted by atomic mass is 10.1. The summed E-state index contributed by atoms with van der Waals surface area (Å²) in [6.45, 7) is 9.00. The summed E-state index contributed by atoms with van der Waals surface area (Å²) in [5.74, 6) is -0.0611. The van der Waals surface area contributed by atoms with Gasteiger partial charge in [-0.3, -0.25) is 4.79 Å². The third kappa shape index (κ3) is 22.7. The summed E-state index contributed by atoms with van der Waals surface area (Å²) < 4.78 is 5.31. The molecule has 0 aromatic carbocycles. The van der Waals surface area contributed by atoms with Crippen molar-refractivity contribution in [1.82, 2.24) is 0 Å². The topological polar surface area (TPSA) is 26.3 Å². The maximum Gasteiger partial charge on any atom is 0.306 e. The maximum absolute atomic E-state index is 11.8. The Morgan fingerprint density at radius 2 is 1.33 bits per heavy atom. The lowest BCUT2D eigenvalue weighted by Gasteiger charge is -2.04. The Hall–Kier alpha value is -1.57. The van der Waals surface area contributed by atoms with E-state index in [1.807, 2.05) is 6.08 Å². The lowest BCUT2D eigenvalue weighted by Crippen LogP contribution is -2.04. The molecule has 0 heterocycles. The Morgan fingerprint density at radius 3 is 2.00 bits per heavy atom. The molecule has 0 saturated carbocycles. The zero-order chi connectivity index (χ0) is 22.3. The van der Waals surface area contributed by atoms with E-state index in [1.54, 1.807) is 0 Å². The summed E-state index contributed by atoms with van der Waals surface area (Å²) in [5, 5.41) is 0. The minimum absolute atomic E-state index is 0.0611. The minimum atomic E-state index is -0.0611. The van der Waals surface area contributed by atoms with Crippen LogP contribution in [0.3, 0.4) is 0 Å². The molecule has 0 N–H and O–H groups in total. The summed E-state index contributed by atoms with van der Waals surface area (Å²) in [5.41, 5.74) is 2.64. The van der Waals surface area contributed by atoms with Crippen molar-refractivity contribution in [3.05, 3.63) is 47.6 Å². The molecule has 0 aliphatic rings. The first-order valence-corrected chi connectivity index (χ1v) is 12.3. The van der Waals surface area contributed by atoms with Gasteiger partial charge in [-0.1, -0.05) is 80.6 Å². The molecule has 172 valence electrons. The van der Waals surface area contributed by atoms with E-state index in [0.717, 1.165) is 32.1 Å². The van der Waals surface area contributed by atoms with Crippen LogP contribution < -0.4 is 0 Å². The van der Waals surface area contributed by atoms with Crippen molar-refractivity contribution in [2.24, 2.45) is 0 Å². The van der Waals surface area contributed by atoms with Gasteiger partial charge in [0.15, 0.2) is 0 Å². The Morgan fingerprint density at radius 1 is 0.700 bits per heavy atom. The molecule has 0 aliphatic heterocycles. The largest absolute Gasteiger partial charge is 0.461 e. The Kier molecular flexibility index (Phi) is 21.0. The monoisotopic (exact) mass is 416 g/mol. The van der Waals surface area contributed by atoms with E-state index < -0.39 is 0 Å². The number of esters is 1. The maximum atomic E-state index is 11.8. The third-order valence-corrected chi connectivity index (χ3v) is 5.10. The van der Waals surface area contributed by atoms with Crippen molar-refractivity contribution in [2.45, 2.75) is 118 Å². The molecule has 0 saturated heterocycles. The van der Waals surface area contributed by atoms with Crippen LogP contribution in [0.2, 0.25) is 0 Å². The van der Waals surface area contributed by atoms with Crippen molar-refractivity contribution in [1.29, 1.82) is 0 Å². The smallest absolute Gasteiger partial charge is 0.306 e. The van der Waals surface area contributed by atoms with E-state index in [2.05, 4.69) is 58.1 Å². The Bertz CT molecular complexity index is 519. The predicted octanol–water partition coefficient (Wildman–Crippen LogP) is 9.04. The van der Waals surface area contributed by atoms with Gasteiger partial charge in [0, 0.05) is 6.42 Å². The van der Waals surface area contributed by atoms with Gasteiger partial charge in [-0.15, -0.1) is 0 Å². The number of rotatable bonds is 19. The molecule has 0 atom stereocenters. The summed E-state index contributed by atoms with van der Waals surface area (Å²) in [6, 6.07) is 0. The summed E-state index contributed by atoms with van der Waals surface area (Å²) in [4.78, 5) is 11.8. The Balaban J connectivity index is 3.48. The predicted molar refractivity (Wildman–Crippen MR) is 133 cm³/mol. The molecule has 0 radical (unpaired) electrons. The van der Waals surface area contributed by atoms with Crippen molar-refractivity contribution in [3.63, 3.8) is 0 Å². The molecule has 30 heavy (non-hydrogen) atoms. The van der Waals surface area contributed by atoms with Gasteiger partial charge in [0.05, 0.1) is 0 Å². The average Bonchev–Trinajstić information content (AvgIpc) is 2.70. The number of carbonyl (C=O) groups is 1. The van der Waals surface area contributed by atoms with Crippen LogP contribution in [0.5, 0.6) is 0 Å². The van der Waals surface area contributed by atoms with E-state index in [9.17, 15) is 4.79 Å². The van der Waals surface area contributed by atoms with E-state index in [1.165, 1.54) is 62.5 Å². The fourth-order valence-corrected chi connectivity index (χ4v) is 3.12. The Labute approximate surface area is 187 Å². The standard InChI is InChI=1S/C28H48O2/c1-5-6-7-8-9-10-11-12-13-14-15-16-17-18-19-23-28(29)30-25-24-27(4)22-20-21-26(2)3/h9-10,12-13,21,24H,5-8,11,14-20,22-23,25H2,1-4H3/b10-9-,13-12-,27-24+. The molecular weight excluding hydrogens is 368 g/mol. The second-order valence-corrected chi connectivity index (χ2v) is 8.53. The summed E-state index contributed by atoms with van der Waals surface area (Å²) >= 11 is 0. The highest BCUT2D eigenvalue weighted by Crippen LogP contribution is 2.10. The molecule has 2 nitrogen and oxygen atoms in total. The highest BCUT2D eigenvalue weighted by Gasteiger charge is 2.01. The number of hydrogen-bond acceptors (Lipinski definition) is 2. The van der Waals surface area contributed by atoms with Crippen LogP contribution in [0.25, 0.3) is 0 Å². The van der Waals surface area contributed by atoms with Crippen LogP contribution in [0.4, 0.5) is 0 Å². The first-order chi connectivity index (χ1) is 14.6. The fraction of sp³-hybridized carbons (Fsp3) is 0.679. The third-order valence-electron chi connectivity index (χ3n) is 5.10. The molecule has 0 amide bonds. The van der Waals surface area contributed by atoms with E-state index >= 15 is 0 Å². The second kappa shape index (κ2) is 22.1. The van der Waals surface area contributed by atoms with Gasteiger partial charge >= 0.3 is 5.97 Å². The van der Waals surface area contributed by atoms with E-state index in [0.29, 0.717) is 13.0 Å². The highest BCUT2D eigenvalue weighted by atomic mass is 16.5. The molecular formula is C28H48O2. The molecule has 0 fully saturated rings. The molecule has 0 rings (SSSR count).